The van der Waals surface area contributed by atoms with Gasteiger partial charge in [0.25, 0.3) is 0 Å². The van der Waals surface area contributed by atoms with Gasteiger partial charge in [-0.05, 0) is 38.8 Å². The molecule has 1 saturated carbocycles. The average molecular weight is 481 g/mol. The van der Waals surface area contributed by atoms with Gasteiger partial charge in [-0.2, -0.15) is 4.31 Å². The molecule has 0 atom stereocenters. The fourth-order valence-corrected chi connectivity index (χ4v) is 6.50. The van der Waals surface area contributed by atoms with Crippen LogP contribution in [0.2, 0.25) is 0 Å². The van der Waals surface area contributed by atoms with Gasteiger partial charge in [0.15, 0.2) is 11.0 Å². The van der Waals surface area contributed by atoms with Gasteiger partial charge < -0.3 is 9.47 Å². The maximum atomic E-state index is 13.2. The number of hydrogen-bond donors (Lipinski definition) is 0. The Morgan fingerprint density at radius 1 is 1.19 bits per heavy atom. The quantitative estimate of drug-likeness (QED) is 0.400. The molecule has 10 heteroatoms. The van der Waals surface area contributed by atoms with Crippen molar-refractivity contribution in [2.75, 3.05) is 38.7 Å². The Labute approximate surface area is 194 Å². The van der Waals surface area contributed by atoms with Gasteiger partial charge in [-0.1, -0.05) is 36.7 Å². The molecule has 8 nitrogen and oxygen atoms in total. The predicted octanol–water partition coefficient (Wildman–Crippen LogP) is 3.60. The second kappa shape index (κ2) is 10.6. The molecule has 4 rings (SSSR count). The zero-order valence-corrected chi connectivity index (χ0v) is 20.4. The van der Waals surface area contributed by atoms with E-state index >= 15 is 0 Å². The van der Waals surface area contributed by atoms with Crippen molar-refractivity contribution in [3.8, 4) is 11.4 Å². The van der Waals surface area contributed by atoms with Gasteiger partial charge in [0.05, 0.1) is 30.8 Å². The van der Waals surface area contributed by atoms with E-state index in [9.17, 15) is 8.42 Å². The Hall–Kier alpha value is -1.46. The standard InChI is InChI=1S/C22H32N4O4S2/c1-17(2)30-14-15-31-22-24-23-21(26(22)19-7-3-4-8-19)18-6-5-9-20(16-18)32(27,28)25-10-12-29-13-11-25/h5-6,9,16-17,19H,3-4,7-8,10-15H2,1-2H3. The molecular formula is C22H32N4O4S2. The predicted molar refractivity (Wildman–Crippen MR) is 124 cm³/mol. The monoisotopic (exact) mass is 480 g/mol. The first-order chi connectivity index (χ1) is 15.5. The maximum Gasteiger partial charge on any atom is 0.243 e. The van der Waals surface area contributed by atoms with Crippen molar-refractivity contribution < 1.29 is 17.9 Å². The number of hydrogen-bond acceptors (Lipinski definition) is 7. The second-order valence-corrected chi connectivity index (χ2v) is 11.4. The van der Waals surface area contributed by atoms with E-state index in [4.69, 9.17) is 9.47 Å². The van der Waals surface area contributed by atoms with Crippen LogP contribution < -0.4 is 0 Å². The minimum atomic E-state index is -3.57. The van der Waals surface area contributed by atoms with Crippen LogP contribution in [0.25, 0.3) is 11.4 Å². The molecule has 1 aromatic carbocycles. The van der Waals surface area contributed by atoms with E-state index in [0.717, 1.165) is 35.1 Å². The van der Waals surface area contributed by atoms with Crippen LogP contribution in [0.5, 0.6) is 0 Å². The zero-order chi connectivity index (χ0) is 22.6. The highest BCUT2D eigenvalue weighted by Crippen LogP contribution is 2.37. The van der Waals surface area contributed by atoms with Crippen LogP contribution in [0.1, 0.15) is 45.6 Å². The first kappa shape index (κ1) is 23.7. The van der Waals surface area contributed by atoms with Gasteiger partial charge in [-0.15, -0.1) is 10.2 Å². The van der Waals surface area contributed by atoms with E-state index in [1.165, 1.54) is 17.1 Å². The van der Waals surface area contributed by atoms with Crippen molar-refractivity contribution in [2.24, 2.45) is 0 Å². The molecule has 2 aromatic rings. The summed E-state index contributed by atoms with van der Waals surface area (Å²) in [6.07, 6.45) is 4.76. The molecule has 2 aliphatic rings. The first-order valence-corrected chi connectivity index (χ1v) is 13.8. The van der Waals surface area contributed by atoms with Gasteiger partial charge >= 0.3 is 0 Å². The van der Waals surface area contributed by atoms with Crippen molar-refractivity contribution >= 4 is 21.8 Å². The molecule has 1 saturated heterocycles. The van der Waals surface area contributed by atoms with Crippen molar-refractivity contribution in [1.82, 2.24) is 19.1 Å². The van der Waals surface area contributed by atoms with Gasteiger partial charge in [0.1, 0.15) is 0 Å². The fraction of sp³-hybridized carbons (Fsp3) is 0.636. The Morgan fingerprint density at radius 2 is 1.94 bits per heavy atom. The molecule has 0 N–H and O–H groups in total. The number of thioether (sulfide) groups is 1. The number of rotatable bonds is 9. The van der Waals surface area contributed by atoms with Gasteiger partial charge in [-0.25, -0.2) is 8.42 Å². The minimum Gasteiger partial charge on any atom is -0.379 e. The lowest BCUT2D eigenvalue weighted by atomic mass is 10.2. The van der Waals surface area contributed by atoms with E-state index < -0.39 is 10.0 Å². The summed E-state index contributed by atoms with van der Waals surface area (Å²) in [5.74, 6) is 1.54. The average Bonchev–Trinajstić information content (AvgIpc) is 3.47. The summed E-state index contributed by atoms with van der Waals surface area (Å²) >= 11 is 1.65. The molecule has 0 unspecified atom stereocenters. The summed E-state index contributed by atoms with van der Waals surface area (Å²) in [6, 6.07) is 7.44. The Morgan fingerprint density at radius 3 is 2.66 bits per heavy atom. The Bertz CT molecular complexity index is 997. The third-order valence-electron chi connectivity index (χ3n) is 5.82. The van der Waals surface area contributed by atoms with E-state index in [-0.39, 0.29) is 11.0 Å². The van der Waals surface area contributed by atoms with Crippen molar-refractivity contribution in [1.29, 1.82) is 0 Å². The highest BCUT2D eigenvalue weighted by molar-refractivity contribution is 7.99. The Balaban J connectivity index is 1.62. The highest BCUT2D eigenvalue weighted by Gasteiger charge is 2.28. The Kier molecular flexibility index (Phi) is 7.88. The first-order valence-electron chi connectivity index (χ1n) is 11.3. The topological polar surface area (TPSA) is 86.6 Å². The number of ether oxygens (including phenoxy) is 2. The molecule has 0 bridgehead atoms. The van der Waals surface area contributed by atoms with Crippen LogP contribution in [0, 0.1) is 0 Å². The molecular weight excluding hydrogens is 448 g/mol. The van der Waals surface area contributed by atoms with E-state index in [1.807, 2.05) is 19.9 Å². The van der Waals surface area contributed by atoms with Crippen LogP contribution in [-0.2, 0) is 19.5 Å². The number of nitrogens with zero attached hydrogens (tertiary/aromatic N) is 4. The largest absolute Gasteiger partial charge is 0.379 e. The lowest BCUT2D eigenvalue weighted by Gasteiger charge is -2.26. The van der Waals surface area contributed by atoms with Crippen LogP contribution in [-0.4, -0.2) is 72.3 Å². The second-order valence-electron chi connectivity index (χ2n) is 8.43. The maximum absolute atomic E-state index is 13.2. The summed E-state index contributed by atoms with van der Waals surface area (Å²) in [6.45, 7) is 6.33. The van der Waals surface area contributed by atoms with Gasteiger partial charge in [0, 0.05) is 30.4 Å². The summed E-state index contributed by atoms with van der Waals surface area (Å²) in [7, 11) is -3.57. The molecule has 1 aromatic heterocycles. The smallest absolute Gasteiger partial charge is 0.243 e. The number of sulfonamides is 1. The molecule has 1 aliphatic heterocycles. The van der Waals surface area contributed by atoms with E-state index in [0.29, 0.717) is 39.0 Å². The summed E-state index contributed by atoms with van der Waals surface area (Å²) in [5, 5.41) is 9.86. The lowest BCUT2D eigenvalue weighted by Crippen LogP contribution is -2.40. The summed E-state index contributed by atoms with van der Waals surface area (Å²) in [4.78, 5) is 0.289. The van der Waals surface area contributed by atoms with Gasteiger partial charge in [-0.3, -0.25) is 4.57 Å². The molecule has 1 aliphatic carbocycles. The molecule has 0 amide bonds. The minimum absolute atomic E-state index is 0.204. The third kappa shape index (κ3) is 5.36. The SMILES string of the molecule is CC(C)OCCSc1nnc(-c2cccc(S(=O)(=O)N3CCOCC3)c2)n1C1CCCC1. The molecule has 0 radical (unpaired) electrons. The van der Waals surface area contributed by atoms with E-state index in [2.05, 4.69) is 14.8 Å². The molecule has 176 valence electrons. The molecule has 2 heterocycles. The molecule has 0 spiro atoms. The van der Waals surface area contributed by atoms with Crippen molar-refractivity contribution in [3.05, 3.63) is 24.3 Å². The normalized spacial score (nSPS) is 18.6. The van der Waals surface area contributed by atoms with Crippen molar-refractivity contribution in [3.63, 3.8) is 0 Å². The van der Waals surface area contributed by atoms with E-state index in [1.54, 1.807) is 30.0 Å². The lowest BCUT2D eigenvalue weighted by molar-refractivity contribution is 0.0730. The van der Waals surface area contributed by atoms with Crippen LogP contribution in [0.15, 0.2) is 34.3 Å². The van der Waals surface area contributed by atoms with Crippen LogP contribution >= 0.6 is 11.8 Å². The summed E-state index contributed by atoms with van der Waals surface area (Å²) in [5.41, 5.74) is 0.781. The number of aromatic nitrogens is 3. The highest BCUT2D eigenvalue weighted by atomic mass is 32.2. The molecule has 32 heavy (non-hydrogen) atoms. The van der Waals surface area contributed by atoms with Crippen LogP contribution in [0.4, 0.5) is 0 Å². The number of morpholine rings is 1. The third-order valence-corrected chi connectivity index (χ3v) is 8.62. The van der Waals surface area contributed by atoms with Crippen molar-refractivity contribution in [2.45, 2.75) is 61.7 Å². The summed E-state index contributed by atoms with van der Waals surface area (Å²) < 4.78 is 41.0. The van der Waals surface area contributed by atoms with Crippen LogP contribution in [0.3, 0.4) is 0 Å². The zero-order valence-electron chi connectivity index (χ0n) is 18.8. The molecule has 2 fully saturated rings. The van der Waals surface area contributed by atoms with Gasteiger partial charge in [0.2, 0.25) is 10.0 Å². The number of benzene rings is 1. The fourth-order valence-electron chi connectivity index (χ4n) is 4.21.